The van der Waals surface area contributed by atoms with Crippen LogP contribution >= 0.6 is 11.3 Å². The lowest BCUT2D eigenvalue weighted by Gasteiger charge is -2.14. The van der Waals surface area contributed by atoms with Gasteiger partial charge in [-0.15, -0.1) is 11.3 Å². The first-order valence-electron chi connectivity index (χ1n) is 7.52. The van der Waals surface area contributed by atoms with Gasteiger partial charge in [0.05, 0.1) is 12.2 Å². The van der Waals surface area contributed by atoms with Gasteiger partial charge < -0.3 is 0 Å². The molecule has 1 saturated carbocycles. The second kappa shape index (κ2) is 5.46. The Morgan fingerprint density at radius 1 is 1.39 bits per heavy atom. The molecule has 0 amide bonds. The molecule has 0 atom stereocenters. The molecule has 120 valence electrons. The Morgan fingerprint density at radius 2 is 2.09 bits per heavy atom. The van der Waals surface area contributed by atoms with Crippen molar-refractivity contribution in [2.45, 2.75) is 51.6 Å². The van der Waals surface area contributed by atoms with E-state index in [-0.39, 0.29) is 29.3 Å². The SMILES string of the molecule is CC(C)(C)c1csc(Cn2c(=O)c(C#N)cn(C3CC3)c2=O)n1. The molecule has 1 aliphatic rings. The van der Waals surface area contributed by atoms with Crippen molar-refractivity contribution >= 4 is 11.3 Å². The van der Waals surface area contributed by atoms with Crippen molar-refractivity contribution in [1.29, 1.82) is 5.26 Å². The number of nitriles is 1. The van der Waals surface area contributed by atoms with E-state index in [9.17, 15) is 9.59 Å². The lowest BCUT2D eigenvalue weighted by Crippen LogP contribution is -2.40. The topological polar surface area (TPSA) is 80.7 Å². The molecule has 0 aliphatic heterocycles. The van der Waals surface area contributed by atoms with Crippen LogP contribution < -0.4 is 11.2 Å². The minimum atomic E-state index is -0.540. The van der Waals surface area contributed by atoms with Gasteiger partial charge >= 0.3 is 5.69 Å². The molecule has 0 unspecified atom stereocenters. The van der Waals surface area contributed by atoms with Crippen molar-refractivity contribution in [3.63, 3.8) is 0 Å². The molecule has 2 aromatic heterocycles. The number of hydrogen-bond acceptors (Lipinski definition) is 5. The second-order valence-corrected chi connectivity index (χ2v) is 7.79. The first-order valence-corrected chi connectivity index (χ1v) is 8.40. The summed E-state index contributed by atoms with van der Waals surface area (Å²) in [5.74, 6) is 0. The van der Waals surface area contributed by atoms with Gasteiger partial charge in [-0.1, -0.05) is 20.8 Å². The lowest BCUT2D eigenvalue weighted by atomic mass is 9.93. The summed E-state index contributed by atoms with van der Waals surface area (Å²) in [5, 5.41) is 11.8. The van der Waals surface area contributed by atoms with E-state index in [2.05, 4.69) is 25.8 Å². The van der Waals surface area contributed by atoms with Crippen LogP contribution in [0.1, 0.15) is 55.9 Å². The molecule has 1 fully saturated rings. The minimum Gasteiger partial charge on any atom is -0.296 e. The second-order valence-electron chi connectivity index (χ2n) is 6.84. The van der Waals surface area contributed by atoms with Crippen LogP contribution in [0.4, 0.5) is 0 Å². The van der Waals surface area contributed by atoms with E-state index in [1.54, 1.807) is 0 Å². The molecule has 6 nitrogen and oxygen atoms in total. The Bertz CT molecular complexity index is 904. The first kappa shape index (κ1) is 15.7. The quantitative estimate of drug-likeness (QED) is 0.862. The molecule has 23 heavy (non-hydrogen) atoms. The molecule has 7 heteroatoms. The van der Waals surface area contributed by atoms with Gasteiger partial charge in [0.2, 0.25) is 0 Å². The van der Waals surface area contributed by atoms with Crippen LogP contribution in [0.5, 0.6) is 0 Å². The van der Waals surface area contributed by atoms with Crippen LogP contribution in [0, 0.1) is 11.3 Å². The van der Waals surface area contributed by atoms with Crippen LogP contribution in [-0.2, 0) is 12.0 Å². The van der Waals surface area contributed by atoms with Crippen molar-refractivity contribution in [2.24, 2.45) is 0 Å². The summed E-state index contributed by atoms with van der Waals surface area (Å²) in [6, 6.07) is 2.00. The van der Waals surface area contributed by atoms with E-state index >= 15 is 0 Å². The van der Waals surface area contributed by atoms with Gasteiger partial charge in [-0.25, -0.2) is 9.78 Å². The summed E-state index contributed by atoms with van der Waals surface area (Å²) in [7, 11) is 0. The van der Waals surface area contributed by atoms with Gasteiger partial charge in [-0.05, 0) is 12.8 Å². The van der Waals surface area contributed by atoms with Gasteiger partial charge in [0.15, 0.2) is 0 Å². The number of thiazole rings is 1. The summed E-state index contributed by atoms with van der Waals surface area (Å²) in [4.78, 5) is 29.4. The van der Waals surface area contributed by atoms with E-state index in [4.69, 9.17) is 5.26 Å². The molecule has 0 bridgehead atoms. The first-order chi connectivity index (χ1) is 10.8. The third-order valence-electron chi connectivity index (χ3n) is 3.87. The zero-order valence-electron chi connectivity index (χ0n) is 13.4. The van der Waals surface area contributed by atoms with Gasteiger partial charge in [-0.2, -0.15) is 5.26 Å². The maximum atomic E-state index is 12.5. The Labute approximate surface area is 137 Å². The van der Waals surface area contributed by atoms with Gasteiger partial charge in [0, 0.05) is 23.0 Å². The maximum Gasteiger partial charge on any atom is 0.331 e. The number of nitrogens with zero attached hydrogens (tertiary/aromatic N) is 4. The summed E-state index contributed by atoms with van der Waals surface area (Å²) in [6.45, 7) is 6.30. The third-order valence-corrected chi connectivity index (χ3v) is 4.70. The van der Waals surface area contributed by atoms with E-state index < -0.39 is 5.56 Å². The number of aromatic nitrogens is 3. The average Bonchev–Trinajstić information content (AvgIpc) is 3.20. The summed E-state index contributed by atoms with van der Waals surface area (Å²) >= 11 is 1.43. The Morgan fingerprint density at radius 3 is 2.61 bits per heavy atom. The normalized spacial score (nSPS) is 14.7. The predicted octanol–water partition coefficient (Wildman–Crippen LogP) is 2.02. The van der Waals surface area contributed by atoms with E-state index in [0.29, 0.717) is 5.01 Å². The van der Waals surface area contributed by atoms with E-state index in [1.165, 1.54) is 22.1 Å². The van der Waals surface area contributed by atoms with Crippen molar-refractivity contribution < 1.29 is 0 Å². The molecule has 0 radical (unpaired) electrons. The largest absolute Gasteiger partial charge is 0.331 e. The van der Waals surface area contributed by atoms with Crippen molar-refractivity contribution in [1.82, 2.24) is 14.1 Å². The van der Waals surface area contributed by atoms with Crippen LogP contribution in [0.2, 0.25) is 0 Å². The smallest absolute Gasteiger partial charge is 0.296 e. The highest BCUT2D eigenvalue weighted by molar-refractivity contribution is 7.09. The monoisotopic (exact) mass is 330 g/mol. The molecule has 2 aromatic rings. The summed E-state index contributed by atoms with van der Waals surface area (Å²) < 4.78 is 2.64. The highest BCUT2D eigenvalue weighted by atomic mass is 32.1. The highest BCUT2D eigenvalue weighted by Gasteiger charge is 2.27. The molecule has 0 saturated heterocycles. The van der Waals surface area contributed by atoms with Crippen LogP contribution in [0.3, 0.4) is 0 Å². The number of hydrogen-bond donors (Lipinski definition) is 0. The van der Waals surface area contributed by atoms with Crippen LogP contribution in [-0.4, -0.2) is 14.1 Å². The molecular formula is C16H18N4O2S. The third kappa shape index (κ3) is 2.99. The van der Waals surface area contributed by atoms with E-state index in [1.807, 2.05) is 11.4 Å². The van der Waals surface area contributed by atoms with Gasteiger partial charge in [-0.3, -0.25) is 13.9 Å². The highest BCUT2D eigenvalue weighted by Crippen LogP contribution is 2.33. The van der Waals surface area contributed by atoms with Gasteiger partial charge in [0.25, 0.3) is 5.56 Å². The predicted molar refractivity (Wildman–Crippen MR) is 87.9 cm³/mol. The van der Waals surface area contributed by atoms with Crippen molar-refractivity contribution in [3.8, 4) is 6.07 Å². The zero-order valence-corrected chi connectivity index (χ0v) is 14.2. The fraction of sp³-hybridized carbons (Fsp3) is 0.500. The Kier molecular flexibility index (Phi) is 3.72. The lowest BCUT2D eigenvalue weighted by molar-refractivity contribution is 0.562. The van der Waals surface area contributed by atoms with Crippen LogP contribution in [0.25, 0.3) is 0 Å². The molecular weight excluding hydrogens is 312 g/mol. The van der Waals surface area contributed by atoms with Gasteiger partial charge in [0.1, 0.15) is 16.6 Å². The molecule has 2 heterocycles. The van der Waals surface area contributed by atoms with E-state index in [0.717, 1.165) is 23.1 Å². The van der Waals surface area contributed by atoms with Crippen molar-refractivity contribution in [3.05, 3.63) is 48.7 Å². The molecule has 1 aliphatic carbocycles. The molecule has 3 rings (SSSR count). The maximum absolute atomic E-state index is 12.5. The van der Waals surface area contributed by atoms with Crippen molar-refractivity contribution in [2.75, 3.05) is 0 Å². The fourth-order valence-corrected chi connectivity index (χ4v) is 3.32. The summed E-state index contributed by atoms with van der Waals surface area (Å²) in [6.07, 6.45) is 3.21. The standard InChI is InChI=1S/C16H18N4O2S/c1-16(2,3)12-9-23-13(18-12)8-20-14(21)10(6-17)7-19(15(20)22)11-4-5-11/h7,9,11H,4-5,8H2,1-3H3. The Hall–Kier alpha value is -2.20. The summed E-state index contributed by atoms with van der Waals surface area (Å²) in [5.41, 5.74) is -0.0397. The average molecular weight is 330 g/mol. The molecule has 0 N–H and O–H groups in total. The Balaban J connectivity index is 2.04. The minimum absolute atomic E-state index is 0.00380. The number of rotatable bonds is 3. The van der Waals surface area contributed by atoms with Crippen LogP contribution in [0.15, 0.2) is 21.2 Å². The zero-order chi connectivity index (χ0) is 16.8. The fourth-order valence-electron chi connectivity index (χ4n) is 2.31. The molecule has 0 aromatic carbocycles. The molecule has 0 spiro atoms.